The Kier molecular flexibility index (Phi) is 5.41. The number of nitro groups is 1. The highest BCUT2D eigenvalue weighted by atomic mass is 16.6. The van der Waals surface area contributed by atoms with Crippen molar-refractivity contribution in [1.29, 1.82) is 0 Å². The zero-order chi connectivity index (χ0) is 19.3. The third kappa shape index (κ3) is 4.94. The summed E-state index contributed by atoms with van der Waals surface area (Å²) in [5.74, 6) is -0.766. The number of benzene rings is 2. The average Bonchev–Trinajstić information content (AvgIpc) is 2.56. The van der Waals surface area contributed by atoms with Crippen molar-refractivity contribution in [3.8, 4) is 5.75 Å². The molecule has 0 atom stereocenters. The maximum Gasteiger partial charge on any atom is 0.347 e. The quantitative estimate of drug-likeness (QED) is 0.534. The van der Waals surface area contributed by atoms with Gasteiger partial charge in [0.2, 0.25) is 0 Å². The van der Waals surface area contributed by atoms with Crippen LogP contribution in [0, 0.1) is 10.1 Å². The molecule has 2 aromatic carbocycles. The van der Waals surface area contributed by atoms with Gasteiger partial charge < -0.3 is 20.5 Å². The molecule has 0 saturated heterocycles. The first kappa shape index (κ1) is 18.7. The molecule has 0 aliphatic heterocycles. The average molecular weight is 359 g/mol. The van der Waals surface area contributed by atoms with E-state index in [4.69, 9.17) is 9.84 Å². The number of non-ortho nitro benzene ring substituents is 1. The fourth-order valence-corrected chi connectivity index (χ4v) is 1.94. The number of carboxylic acids is 1. The highest BCUT2D eigenvalue weighted by molar-refractivity contribution is 5.99. The number of hydrogen-bond donors (Lipinski definition) is 3. The van der Waals surface area contributed by atoms with Gasteiger partial charge in [0.1, 0.15) is 5.75 Å². The van der Waals surface area contributed by atoms with Crippen molar-refractivity contribution in [3.05, 3.63) is 58.6 Å². The van der Waals surface area contributed by atoms with Gasteiger partial charge in [-0.3, -0.25) is 10.1 Å². The van der Waals surface area contributed by atoms with Crippen LogP contribution in [0.5, 0.6) is 5.75 Å². The van der Waals surface area contributed by atoms with Crippen LogP contribution in [0.15, 0.2) is 48.5 Å². The Bertz CT molecular complexity index is 833. The summed E-state index contributed by atoms with van der Waals surface area (Å²) in [6.45, 7) is 2.85. The highest BCUT2D eigenvalue weighted by Crippen LogP contribution is 2.22. The summed E-state index contributed by atoms with van der Waals surface area (Å²) in [5.41, 5.74) is -0.799. The molecule has 9 heteroatoms. The number of carboxylic acid groups (broad SMARTS) is 1. The number of nitrogens with one attached hydrogen (secondary N) is 2. The van der Waals surface area contributed by atoms with Gasteiger partial charge in [-0.05, 0) is 44.2 Å². The first-order valence-corrected chi connectivity index (χ1v) is 7.52. The van der Waals surface area contributed by atoms with Crippen LogP contribution in [-0.2, 0) is 4.79 Å². The van der Waals surface area contributed by atoms with Gasteiger partial charge in [-0.1, -0.05) is 6.07 Å². The molecule has 0 bridgehead atoms. The van der Waals surface area contributed by atoms with Crippen molar-refractivity contribution in [1.82, 2.24) is 0 Å². The highest BCUT2D eigenvalue weighted by Gasteiger charge is 2.29. The minimum absolute atomic E-state index is 0.134. The molecular formula is C17H17N3O6. The van der Waals surface area contributed by atoms with Crippen LogP contribution in [0.3, 0.4) is 0 Å². The fourth-order valence-electron chi connectivity index (χ4n) is 1.94. The molecule has 136 valence electrons. The number of hydrogen-bond acceptors (Lipinski definition) is 5. The number of rotatable bonds is 6. The zero-order valence-electron chi connectivity index (χ0n) is 14.1. The maximum atomic E-state index is 12.0. The second-order valence-electron chi connectivity index (χ2n) is 5.83. The SMILES string of the molecule is CC(C)(Oc1ccc(NC(=O)Nc2cccc([N+](=O)[O-])c2)cc1)C(=O)O. The van der Waals surface area contributed by atoms with Crippen LogP contribution in [0.25, 0.3) is 0 Å². The molecular weight excluding hydrogens is 342 g/mol. The largest absolute Gasteiger partial charge is 0.478 e. The minimum Gasteiger partial charge on any atom is -0.478 e. The van der Waals surface area contributed by atoms with E-state index in [1.54, 1.807) is 12.1 Å². The molecule has 9 nitrogen and oxygen atoms in total. The molecule has 2 amide bonds. The summed E-state index contributed by atoms with van der Waals surface area (Å²) in [6.07, 6.45) is 0. The number of aliphatic carboxylic acids is 1. The van der Waals surface area contributed by atoms with Crippen molar-refractivity contribution in [2.45, 2.75) is 19.4 Å². The van der Waals surface area contributed by atoms with E-state index in [9.17, 15) is 19.7 Å². The van der Waals surface area contributed by atoms with Gasteiger partial charge in [-0.15, -0.1) is 0 Å². The van der Waals surface area contributed by atoms with Crippen LogP contribution in [0.1, 0.15) is 13.8 Å². The predicted octanol–water partition coefficient (Wildman–Crippen LogP) is 3.48. The van der Waals surface area contributed by atoms with Gasteiger partial charge in [0.25, 0.3) is 5.69 Å². The van der Waals surface area contributed by atoms with E-state index < -0.39 is 22.5 Å². The Morgan fingerprint density at radius 1 is 1.08 bits per heavy atom. The van der Waals surface area contributed by atoms with Gasteiger partial charge in [0, 0.05) is 23.5 Å². The first-order chi connectivity index (χ1) is 12.2. The number of amides is 2. The molecule has 0 aliphatic carbocycles. The summed E-state index contributed by atoms with van der Waals surface area (Å²) >= 11 is 0. The van der Waals surface area contributed by atoms with Crippen LogP contribution >= 0.6 is 0 Å². The molecule has 2 rings (SSSR count). The van der Waals surface area contributed by atoms with Crippen LogP contribution in [0.2, 0.25) is 0 Å². The molecule has 0 spiro atoms. The third-order valence-corrected chi connectivity index (χ3v) is 3.32. The molecule has 2 aromatic rings. The molecule has 26 heavy (non-hydrogen) atoms. The lowest BCUT2D eigenvalue weighted by atomic mass is 10.1. The molecule has 0 aromatic heterocycles. The number of carbonyl (C=O) groups is 2. The molecule has 0 aliphatic rings. The lowest BCUT2D eigenvalue weighted by Crippen LogP contribution is -2.37. The minimum atomic E-state index is -1.38. The third-order valence-electron chi connectivity index (χ3n) is 3.32. The number of nitro benzene ring substituents is 1. The lowest BCUT2D eigenvalue weighted by Gasteiger charge is -2.21. The molecule has 3 N–H and O–H groups in total. The van der Waals surface area contributed by atoms with E-state index in [0.29, 0.717) is 11.4 Å². The van der Waals surface area contributed by atoms with E-state index in [-0.39, 0.29) is 11.4 Å². The Hall–Kier alpha value is -3.62. The van der Waals surface area contributed by atoms with E-state index in [1.807, 2.05) is 0 Å². The normalized spacial score (nSPS) is 10.7. The van der Waals surface area contributed by atoms with Crippen LogP contribution in [0.4, 0.5) is 21.9 Å². The van der Waals surface area contributed by atoms with Gasteiger partial charge in [-0.2, -0.15) is 0 Å². The number of ether oxygens (including phenoxy) is 1. The van der Waals surface area contributed by atoms with E-state index in [1.165, 1.54) is 50.2 Å². The predicted molar refractivity (Wildman–Crippen MR) is 94.5 cm³/mol. The Balaban J connectivity index is 1.98. The van der Waals surface area contributed by atoms with Crippen molar-refractivity contribution in [3.63, 3.8) is 0 Å². The molecule has 0 unspecified atom stereocenters. The molecule has 0 saturated carbocycles. The molecule has 0 heterocycles. The van der Waals surface area contributed by atoms with Gasteiger partial charge >= 0.3 is 12.0 Å². The van der Waals surface area contributed by atoms with E-state index >= 15 is 0 Å². The van der Waals surface area contributed by atoms with Gasteiger partial charge in [0.05, 0.1) is 4.92 Å². The second kappa shape index (κ2) is 7.51. The smallest absolute Gasteiger partial charge is 0.347 e. The van der Waals surface area contributed by atoms with Crippen molar-refractivity contribution in [2.75, 3.05) is 10.6 Å². The number of urea groups is 1. The summed E-state index contributed by atoms with van der Waals surface area (Å²) in [5, 5.41) is 24.8. The topological polar surface area (TPSA) is 131 Å². The summed E-state index contributed by atoms with van der Waals surface area (Å²) < 4.78 is 5.36. The number of nitrogens with zero attached hydrogens (tertiary/aromatic N) is 1. The molecule has 0 fully saturated rings. The Morgan fingerprint density at radius 3 is 2.27 bits per heavy atom. The lowest BCUT2D eigenvalue weighted by molar-refractivity contribution is -0.384. The summed E-state index contributed by atoms with van der Waals surface area (Å²) in [4.78, 5) is 33.2. The second-order valence-corrected chi connectivity index (χ2v) is 5.83. The van der Waals surface area contributed by atoms with Crippen molar-refractivity contribution >= 4 is 29.1 Å². The Morgan fingerprint density at radius 2 is 1.69 bits per heavy atom. The van der Waals surface area contributed by atoms with Crippen LogP contribution in [-0.4, -0.2) is 27.6 Å². The zero-order valence-corrected chi connectivity index (χ0v) is 14.1. The van der Waals surface area contributed by atoms with Crippen molar-refractivity contribution < 1.29 is 24.4 Å². The van der Waals surface area contributed by atoms with Crippen molar-refractivity contribution in [2.24, 2.45) is 0 Å². The first-order valence-electron chi connectivity index (χ1n) is 7.52. The summed E-state index contributed by atoms with van der Waals surface area (Å²) in [6, 6.07) is 11.1. The standard InChI is InChI=1S/C17H17N3O6/c1-17(2,15(21)22)26-14-8-6-11(7-9-14)18-16(23)19-12-4-3-5-13(10-12)20(24)25/h3-10H,1-2H3,(H,21,22)(H2,18,19,23). The monoisotopic (exact) mass is 359 g/mol. The fraction of sp³-hybridized carbons (Fsp3) is 0.176. The number of carbonyl (C=O) groups excluding carboxylic acids is 1. The van der Waals surface area contributed by atoms with Gasteiger partial charge in [-0.25, -0.2) is 9.59 Å². The van der Waals surface area contributed by atoms with E-state index in [2.05, 4.69) is 10.6 Å². The maximum absolute atomic E-state index is 12.0. The summed E-state index contributed by atoms with van der Waals surface area (Å²) in [7, 11) is 0. The van der Waals surface area contributed by atoms with Crippen LogP contribution < -0.4 is 15.4 Å². The van der Waals surface area contributed by atoms with E-state index in [0.717, 1.165) is 0 Å². The number of anilines is 2. The molecule has 0 radical (unpaired) electrons. The van der Waals surface area contributed by atoms with Gasteiger partial charge in [0.15, 0.2) is 5.60 Å². The Labute approximate surface area is 148 Å².